The Hall–Kier alpha value is -2.00. The van der Waals surface area contributed by atoms with E-state index in [1.165, 1.54) is 11.2 Å². The smallest absolute Gasteiger partial charge is 0.369 e. The van der Waals surface area contributed by atoms with Crippen molar-refractivity contribution < 1.29 is 48.6 Å². The number of rotatable bonds is 6. The first-order chi connectivity index (χ1) is 18.3. The number of halogens is 9. The fourth-order valence-electron chi connectivity index (χ4n) is 5.63. The largest absolute Gasteiger partial charge is 0.430 e. The summed E-state index contributed by atoms with van der Waals surface area (Å²) in [4.78, 5) is 1.81. The van der Waals surface area contributed by atoms with E-state index in [1.54, 1.807) is 0 Å². The first kappa shape index (κ1) is 30.9. The Morgan fingerprint density at radius 2 is 1.68 bits per heavy atom. The van der Waals surface area contributed by atoms with Gasteiger partial charge in [-0.3, -0.25) is 4.90 Å². The number of nitrogens with zero attached hydrogens (tertiary/aromatic N) is 2. The van der Waals surface area contributed by atoms with Crippen LogP contribution in [0, 0.1) is 11.6 Å². The van der Waals surface area contributed by atoms with E-state index in [9.17, 15) is 39.9 Å². The zero-order valence-corrected chi connectivity index (χ0v) is 22.7. The molecule has 2 unspecified atom stereocenters. The van der Waals surface area contributed by atoms with E-state index in [-0.39, 0.29) is 47.8 Å². The molecule has 3 heterocycles. The molecule has 2 bridgehead atoms. The summed E-state index contributed by atoms with van der Waals surface area (Å²) < 4.78 is 136. The van der Waals surface area contributed by atoms with Gasteiger partial charge >= 0.3 is 12.4 Å². The number of alkyl halides is 6. The van der Waals surface area contributed by atoms with E-state index in [4.69, 9.17) is 11.6 Å². The van der Waals surface area contributed by atoms with Gasteiger partial charge in [-0.15, -0.1) is 0 Å². The van der Waals surface area contributed by atoms with Gasteiger partial charge < -0.3 is 5.11 Å². The molecule has 2 atom stereocenters. The SMILES string of the molecule is CCc1c(F)c(CN2CCC3CC(C2)N3S(C)(=O)=O)cc(F)c1-c1ccc(C(O)(C(F)(F)F)C(F)(F)F)cc1Cl. The van der Waals surface area contributed by atoms with E-state index in [0.29, 0.717) is 38.1 Å². The van der Waals surface area contributed by atoms with E-state index in [0.717, 1.165) is 12.3 Å². The molecular formula is C25H25ClF8N2O3S. The van der Waals surface area contributed by atoms with Gasteiger partial charge in [0, 0.05) is 59.0 Å². The summed E-state index contributed by atoms with van der Waals surface area (Å²) >= 11 is 6.01. The van der Waals surface area contributed by atoms with Crippen LogP contribution in [0.2, 0.25) is 5.02 Å². The lowest BCUT2D eigenvalue weighted by Gasteiger charge is -2.45. The highest BCUT2D eigenvalue weighted by Gasteiger charge is 2.71. The van der Waals surface area contributed by atoms with Crippen LogP contribution in [0.15, 0.2) is 24.3 Å². The molecule has 0 saturated carbocycles. The second-order valence-electron chi connectivity index (χ2n) is 10.1. The van der Waals surface area contributed by atoms with E-state index in [2.05, 4.69) is 0 Å². The van der Waals surface area contributed by atoms with Gasteiger partial charge in [0.15, 0.2) is 0 Å². The standard InChI is InChI=1S/C25H25ClF8N2O3S/c1-3-17-21(18-5-4-14(9-19(18)26)23(37,24(29,30)31)25(32,33)34)20(27)8-13(22(17)28)11-35-7-6-15-10-16(12-35)36(15)40(2,38)39/h4-5,8-9,15-16,37H,3,6-7,10-12H2,1-2H3. The maximum atomic E-state index is 15.7. The van der Waals surface area contributed by atoms with Gasteiger partial charge in [0.25, 0.3) is 5.60 Å². The van der Waals surface area contributed by atoms with Crippen LogP contribution in [-0.2, 0) is 28.6 Å². The third kappa shape index (κ3) is 5.21. The number of hydrogen-bond acceptors (Lipinski definition) is 4. The quantitative estimate of drug-likeness (QED) is 0.417. The Morgan fingerprint density at radius 1 is 1.05 bits per heavy atom. The molecule has 222 valence electrons. The second-order valence-corrected chi connectivity index (χ2v) is 12.4. The molecule has 0 amide bonds. The number of benzene rings is 2. The van der Waals surface area contributed by atoms with Crippen LogP contribution >= 0.6 is 11.6 Å². The Labute approximate surface area is 230 Å². The molecule has 1 N–H and O–H groups in total. The molecule has 2 aromatic carbocycles. The lowest BCUT2D eigenvalue weighted by atomic mass is 9.89. The zero-order chi connectivity index (χ0) is 30.0. The van der Waals surface area contributed by atoms with Gasteiger partial charge in [-0.2, -0.15) is 30.6 Å². The fraction of sp³-hybridized carbons (Fsp3) is 0.520. The molecule has 2 aromatic rings. The highest BCUT2D eigenvalue weighted by atomic mass is 35.5. The normalized spacial score (nSPS) is 21.3. The van der Waals surface area contributed by atoms with Crippen LogP contribution in [0.4, 0.5) is 35.1 Å². The minimum absolute atomic E-state index is 0.0423. The minimum atomic E-state index is -6.14. The van der Waals surface area contributed by atoms with Gasteiger partial charge in [-0.05, 0) is 37.0 Å². The fourth-order valence-corrected chi connectivity index (χ4v) is 7.34. The molecule has 40 heavy (non-hydrogen) atoms. The molecule has 0 aromatic heterocycles. The first-order valence-electron chi connectivity index (χ1n) is 12.2. The molecule has 5 nitrogen and oxygen atoms in total. The van der Waals surface area contributed by atoms with Crippen molar-refractivity contribution in [2.75, 3.05) is 19.3 Å². The van der Waals surface area contributed by atoms with E-state index >= 15 is 8.78 Å². The average Bonchev–Trinajstić information content (AvgIpc) is 3.11. The average molecular weight is 621 g/mol. The number of sulfonamides is 1. The van der Waals surface area contributed by atoms with Crippen LogP contribution < -0.4 is 0 Å². The Morgan fingerprint density at radius 3 is 2.20 bits per heavy atom. The summed E-state index contributed by atoms with van der Waals surface area (Å²) in [6.07, 6.45) is -10.1. The van der Waals surface area contributed by atoms with Crippen LogP contribution in [0.25, 0.3) is 11.1 Å². The molecule has 5 rings (SSSR count). The van der Waals surface area contributed by atoms with Gasteiger partial charge in [0.2, 0.25) is 10.0 Å². The van der Waals surface area contributed by atoms with Gasteiger partial charge in [0.1, 0.15) is 11.6 Å². The van der Waals surface area contributed by atoms with Gasteiger partial charge in [-0.25, -0.2) is 17.2 Å². The zero-order valence-electron chi connectivity index (χ0n) is 21.2. The monoisotopic (exact) mass is 620 g/mol. The van der Waals surface area contributed by atoms with Crippen molar-refractivity contribution in [2.24, 2.45) is 0 Å². The predicted octanol–water partition coefficient (Wildman–Crippen LogP) is 5.77. The van der Waals surface area contributed by atoms with Crippen molar-refractivity contribution in [1.82, 2.24) is 9.21 Å². The van der Waals surface area contributed by atoms with Crippen molar-refractivity contribution in [3.63, 3.8) is 0 Å². The topological polar surface area (TPSA) is 60.9 Å². The maximum absolute atomic E-state index is 15.7. The number of hydrogen-bond donors (Lipinski definition) is 1. The summed E-state index contributed by atoms with van der Waals surface area (Å²) in [5.74, 6) is -1.82. The summed E-state index contributed by atoms with van der Waals surface area (Å²) in [7, 11) is -3.42. The molecule has 3 aliphatic heterocycles. The highest BCUT2D eigenvalue weighted by molar-refractivity contribution is 7.88. The summed E-state index contributed by atoms with van der Waals surface area (Å²) in [5.41, 5.74) is -7.87. The van der Waals surface area contributed by atoms with E-state index < -0.39 is 55.8 Å². The Kier molecular flexibility index (Phi) is 8.02. The molecule has 0 radical (unpaired) electrons. The molecule has 3 aliphatic rings. The molecule has 15 heteroatoms. The van der Waals surface area contributed by atoms with Crippen molar-refractivity contribution in [1.29, 1.82) is 0 Å². The van der Waals surface area contributed by atoms with Gasteiger partial charge in [0.05, 0.1) is 6.26 Å². The highest BCUT2D eigenvalue weighted by Crippen LogP contribution is 2.51. The molecule has 3 fully saturated rings. The molecule has 3 saturated heterocycles. The van der Waals surface area contributed by atoms with E-state index in [1.807, 2.05) is 4.90 Å². The number of aliphatic hydroxyl groups is 1. The maximum Gasteiger partial charge on any atom is 0.430 e. The summed E-state index contributed by atoms with van der Waals surface area (Å²) in [6, 6.07) is 1.68. The third-order valence-corrected chi connectivity index (χ3v) is 9.18. The lowest BCUT2D eigenvalue weighted by Crippen LogP contribution is -2.58. The van der Waals surface area contributed by atoms with Crippen LogP contribution in [0.1, 0.15) is 36.5 Å². The predicted molar refractivity (Wildman–Crippen MR) is 131 cm³/mol. The van der Waals surface area contributed by atoms with Crippen molar-refractivity contribution >= 4 is 21.6 Å². The van der Waals surface area contributed by atoms with Crippen LogP contribution in [0.3, 0.4) is 0 Å². The first-order valence-corrected chi connectivity index (χ1v) is 14.4. The van der Waals surface area contributed by atoms with Crippen LogP contribution in [0.5, 0.6) is 0 Å². The molecule has 0 aliphatic carbocycles. The lowest BCUT2D eigenvalue weighted by molar-refractivity contribution is -0.376. The Balaban J connectivity index is 1.69. The van der Waals surface area contributed by atoms with Crippen molar-refractivity contribution in [3.05, 3.63) is 57.6 Å². The minimum Gasteiger partial charge on any atom is -0.369 e. The second kappa shape index (κ2) is 10.4. The van der Waals surface area contributed by atoms with Gasteiger partial charge in [-0.1, -0.05) is 30.7 Å². The number of fused-ring (bicyclic) bond motifs is 3. The third-order valence-electron chi connectivity index (χ3n) is 7.51. The van der Waals surface area contributed by atoms with Crippen LogP contribution in [-0.4, -0.2) is 66.5 Å². The van der Waals surface area contributed by atoms with Crippen molar-refractivity contribution in [3.8, 4) is 11.1 Å². The molecule has 0 spiro atoms. The molecular weight excluding hydrogens is 596 g/mol. The summed E-state index contributed by atoms with van der Waals surface area (Å²) in [5, 5.41) is 8.90. The Bertz CT molecular complexity index is 1400. The summed E-state index contributed by atoms with van der Waals surface area (Å²) in [6.45, 7) is 2.19. The van der Waals surface area contributed by atoms with Crippen molar-refractivity contribution in [2.45, 2.75) is 62.8 Å².